The number of rotatable bonds is 4. The van der Waals surface area contributed by atoms with Gasteiger partial charge in [0.15, 0.2) is 11.5 Å². The van der Waals surface area contributed by atoms with Crippen LogP contribution in [-0.2, 0) is 9.84 Å². The van der Waals surface area contributed by atoms with Crippen molar-refractivity contribution in [1.82, 2.24) is 0 Å². The Morgan fingerprint density at radius 3 is 2.00 bits per heavy atom. The number of hydrogen-bond acceptors (Lipinski definition) is 4. The molecular formula is C15H16O4S. The number of sulfone groups is 1. The minimum atomic E-state index is -3.56. The molecule has 4 nitrogen and oxygen atoms in total. The third-order valence-corrected chi connectivity index (χ3v) is 4.94. The summed E-state index contributed by atoms with van der Waals surface area (Å²) >= 11 is 0. The summed E-state index contributed by atoms with van der Waals surface area (Å²) in [6.45, 7) is 1.73. The molecule has 0 saturated heterocycles. The summed E-state index contributed by atoms with van der Waals surface area (Å²) < 4.78 is 35.6. The van der Waals surface area contributed by atoms with Crippen molar-refractivity contribution in [2.24, 2.45) is 0 Å². The molecule has 0 atom stereocenters. The Morgan fingerprint density at radius 2 is 1.45 bits per heavy atom. The molecular weight excluding hydrogens is 276 g/mol. The van der Waals surface area contributed by atoms with Crippen LogP contribution in [0.15, 0.2) is 52.3 Å². The molecule has 0 bridgehead atoms. The summed E-state index contributed by atoms with van der Waals surface area (Å²) in [7, 11) is -0.568. The molecule has 0 aliphatic rings. The van der Waals surface area contributed by atoms with Crippen LogP contribution in [-0.4, -0.2) is 22.6 Å². The maximum atomic E-state index is 12.6. The molecule has 0 unspecified atom stereocenters. The van der Waals surface area contributed by atoms with Gasteiger partial charge in [0.1, 0.15) is 0 Å². The number of benzene rings is 2. The molecule has 0 aliphatic heterocycles. The van der Waals surface area contributed by atoms with E-state index in [2.05, 4.69) is 0 Å². The van der Waals surface area contributed by atoms with E-state index in [1.807, 2.05) is 0 Å². The van der Waals surface area contributed by atoms with Crippen LogP contribution < -0.4 is 9.47 Å². The summed E-state index contributed by atoms with van der Waals surface area (Å²) in [4.78, 5) is 0.483. The lowest BCUT2D eigenvalue weighted by molar-refractivity contribution is 0.353. The Labute approximate surface area is 118 Å². The van der Waals surface area contributed by atoms with E-state index in [1.54, 1.807) is 43.3 Å². The topological polar surface area (TPSA) is 52.6 Å². The fourth-order valence-electron chi connectivity index (χ4n) is 1.98. The van der Waals surface area contributed by atoms with Gasteiger partial charge in [0.05, 0.1) is 24.0 Å². The molecule has 2 aromatic rings. The van der Waals surface area contributed by atoms with Crippen LogP contribution in [0.4, 0.5) is 0 Å². The van der Waals surface area contributed by atoms with Crippen LogP contribution in [0, 0.1) is 6.92 Å². The van der Waals surface area contributed by atoms with Crippen molar-refractivity contribution >= 4 is 9.84 Å². The zero-order valence-corrected chi connectivity index (χ0v) is 12.4. The van der Waals surface area contributed by atoms with Gasteiger partial charge in [-0.15, -0.1) is 0 Å². The minimum Gasteiger partial charge on any atom is -0.493 e. The third kappa shape index (κ3) is 2.49. The molecule has 0 aromatic heterocycles. The molecule has 2 rings (SSSR count). The molecule has 0 aliphatic carbocycles. The van der Waals surface area contributed by atoms with Gasteiger partial charge >= 0.3 is 0 Å². The predicted molar refractivity (Wildman–Crippen MR) is 76.2 cm³/mol. The summed E-state index contributed by atoms with van der Waals surface area (Å²) in [5.41, 5.74) is 0.617. The second kappa shape index (κ2) is 5.54. The second-order valence-corrected chi connectivity index (χ2v) is 6.21. The normalized spacial score (nSPS) is 11.2. The molecule has 0 fully saturated rings. The lowest BCUT2D eigenvalue weighted by Crippen LogP contribution is -2.05. The van der Waals surface area contributed by atoms with E-state index < -0.39 is 9.84 Å². The van der Waals surface area contributed by atoms with Gasteiger partial charge in [-0.25, -0.2) is 8.42 Å². The van der Waals surface area contributed by atoms with Crippen LogP contribution in [0.1, 0.15) is 5.56 Å². The zero-order chi connectivity index (χ0) is 14.8. The highest BCUT2D eigenvalue weighted by molar-refractivity contribution is 7.91. The van der Waals surface area contributed by atoms with Gasteiger partial charge in [0, 0.05) is 6.07 Å². The summed E-state index contributed by atoms with van der Waals surface area (Å²) in [5, 5.41) is 0. The summed E-state index contributed by atoms with van der Waals surface area (Å²) in [5.74, 6) is 0.907. The van der Waals surface area contributed by atoms with Gasteiger partial charge in [-0.3, -0.25) is 0 Å². The van der Waals surface area contributed by atoms with Crippen LogP contribution >= 0.6 is 0 Å². The minimum absolute atomic E-state index is 0.223. The van der Waals surface area contributed by atoms with Gasteiger partial charge in [-0.05, 0) is 30.7 Å². The highest BCUT2D eigenvalue weighted by atomic mass is 32.2. The van der Waals surface area contributed by atoms with E-state index in [0.29, 0.717) is 17.1 Å². The predicted octanol–water partition coefficient (Wildman–Crippen LogP) is 2.85. The largest absolute Gasteiger partial charge is 0.493 e. The van der Waals surface area contributed by atoms with Crippen molar-refractivity contribution in [2.75, 3.05) is 14.2 Å². The molecule has 106 valence electrons. The van der Waals surface area contributed by atoms with E-state index in [-0.39, 0.29) is 9.79 Å². The molecule has 0 spiro atoms. The van der Waals surface area contributed by atoms with Crippen molar-refractivity contribution in [3.05, 3.63) is 48.0 Å². The first-order valence-electron chi connectivity index (χ1n) is 6.03. The van der Waals surface area contributed by atoms with E-state index in [0.717, 1.165) is 0 Å². The summed E-state index contributed by atoms with van der Waals surface area (Å²) in [6.07, 6.45) is 0. The highest BCUT2D eigenvalue weighted by Crippen LogP contribution is 2.34. The van der Waals surface area contributed by atoms with Gasteiger partial charge in [-0.1, -0.05) is 18.2 Å². The molecule has 0 heterocycles. The molecule has 20 heavy (non-hydrogen) atoms. The van der Waals surface area contributed by atoms with Crippen molar-refractivity contribution in [3.63, 3.8) is 0 Å². The first-order chi connectivity index (χ1) is 9.50. The van der Waals surface area contributed by atoms with Crippen LogP contribution in [0.5, 0.6) is 11.5 Å². The number of hydrogen-bond donors (Lipinski definition) is 0. The van der Waals surface area contributed by atoms with Crippen molar-refractivity contribution in [1.29, 1.82) is 0 Å². The quantitative estimate of drug-likeness (QED) is 0.869. The third-order valence-electron chi connectivity index (χ3n) is 3.02. The number of aryl methyl sites for hydroxylation is 1. The van der Waals surface area contributed by atoms with Crippen molar-refractivity contribution in [3.8, 4) is 11.5 Å². The van der Waals surface area contributed by atoms with Crippen LogP contribution in [0.25, 0.3) is 0 Å². The maximum absolute atomic E-state index is 12.6. The average molecular weight is 292 g/mol. The molecule has 0 radical (unpaired) electrons. The van der Waals surface area contributed by atoms with Crippen molar-refractivity contribution < 1.29 is 17.9 Å². The Morgan fingerprint density at radius 1 is 0.900 bits per heavy atom. The zero-order valence-electron chi connectivity index (χ0n) is 11.6. The van der Waals surface area contributed by atoms with Crippen molar-refractivity contribution in [2.45, 2.75) is 16.7 Å². The Hall–Kier alpha value is -2.01. The lowest BCUT2D eigenvalue weighted by Gasteiger charge is -2.13. The summed E-state index contributed by atoms with van der Waals surface area (Å²) in [6, 6.07) is 11.5. The monoisotopic (exact) mass is 292 g/mol. The highest BCUT2D eigenvalue weighted by Gasteiger charge is 2.22. The Bertz CT molecular complexity index is 706. The lowest BCUT2D eigenvalue weighted by atomic mass is 10.2. The van der Waals surface area contributed by atoms with Gasteiger partial charge < -0.3 is 9.47 Å². The fourth-order valence-corrected chi connectivity index (χ4v) is 3.49. The number of ether oxygens (including phenoxy) is 2. The molecule has 2 aromatic carbocycles. The fraction of sp³-hybridized carbons (Fsp3) is 0.200. The average Bonchev–Trinajstić information content (AvgIpc) is 2.47. The van der Waals surface area contributed by atoms with E-state index in [4.69, 9.17) is 9.47 Å². The molecule has 0 saturated carbocycles. The molecule has 5 heteroatoms. The Balaban J connectivity index is 2.64. The SMILES string of the molecule is COc1cc(C)c(S(=O)(=O)c2ccccc2)cc1OC. The smallest absolute Gasteiger partial charge is 0.206 e. The van der Waals surface area contributed by atoms with E-state index >= 15 is 0 Å². The van der Waals surface area contributed by atoms with Gasteiger partial charge in [-0.2, -0.15) is 0 Å². The van der Waals surface area contributed by atoms with E-state index in [9.17, 15) is 8.42 Å². The van der Waals surface area contributed by atoms with Gasteiger partial charge in [0.25, 0.3) is 0 Å². The van der Waals surface area contributed by atoms with Crippen LogP contribution in [0.2, 0.25) is 0 Å². The Kier molecular flexibility index (Phi) is 3.99. The molecule has 0 N–H and O–H groups in total. The molecule has 0 amide bonds. The number of methoxy groups -OCH3 is 2. The van der Waals surface area contributed by atoms with E-state index in [1.165, 1.54) is 20.3 Å². The maximum Gasteiger partial charge on any atom is 0.206 e. The first kappa shape index (κ1) is 14.4. The standard InChI is InChI=1S/C15H16O4S/c1-11-9-13(18-2)14(19-3)10-15(11)20(16,17)12-7-5-4-6-8-12/h4-10H,1-3H3. The first-order valence-corrected chi connectivity index (χ1v) is 7.51. The van der Waals surface area contributed by atoms with Crippen LogP contribution in [0.3, 0.4) is 0 Å². The van der Waals surface area contributed by atoms with Gasteiger partial charge in [0.2, 0.25) is 9.84 Å². The second-order valence-electron chi connectivity index (χ2n) is 4.29.